The van der Waals surface area contributed by atoms with E-state index in [0.29, 0.717) is 5.75 Å². The second kappa shape index (κ2) is 4.12. The van der Waals surface area contributed by atoms with Crippen molar-refractivity contribution in [2.45, 2.75) is 25.8 Å². The van der Waals surface area contributed by atoms with Crippen LogP contribution in [0.1, 0.15) is 18.9 Å². The number of benzene rings is 1. The fraction of sp³-hybridized carbons (Fsp3) is 0.400. The molecule has 1 atom stereocenters. The molecule has 1 aromatic rings. The molecule has 3 N–H and O–H groups in total. The maximum absolute atomic E-state index is 9.15. The molecular formula is C10H15NO. The van der Waals surface area contributed by atoms with E-state index in [-0.39, 0.29) is 6.04 Å². The van der Waals surface area contributed by atoms with Gasteiger partial charge in [0, 0.05) is 6.04 Å². The van der Waals surface area contributed by atoms with E-state index in [1.54, 1.807) is 12.1 Å². The Kier molecular flexibility index (Phi) is 3.11. The predicted octanol–water partition coefficient (Wildman–Crippen LogP) is 1.67. The quantitative estimate of drug-likeness (QED) is 0.715. The van der Waals surface area contributed by atoms with Crippen molar-refractivity contribution in [1.82, 2.24) is 0 Å². The monoisotopic (exact) mass is 165 g/mol. The third-order valence-corrected chi connectivity index (χ3v) is 1.80. The van der Waals surface area contributed by atoms with Gasteiger partial charge in [0.25, 0.3) is 0 Å². The number of phenols is 1. The van der Waals surface area contributed by atoms with Gasteiger partial charge < -0.3 is 10.8 Å². The first kappa shape index (κ1) is 9.07. The molecule has 0 amide bonds. The third-order valence-electron chi connectivity index (χ3n) is 1.80. The van der Waals surface area contributed by atoms with Gasteiger partial charge in [-0.15, -0.1) is 0 Å². The first-order valence-electron chi connectivity index (χ1n) is 4.22. The molecule has 2 heteroatoms. The molecule has 2 nitrogen and oxygen atoms in total. The summed E-state index contributed by atoms with van der Waals surface area (Å²) in [5.74, 6) is 0.331. The van der Waals surface area contributed by atoms with Crippen molar-refractivity contribution in [1.29, 1.82) is 0 Å². The summed E-state index contributed by atoms with van der Waals surface area (Å²) < 4.78 is 0. The average Bonchev–Trinajstić information content (AvgIpc) is 2.01. The van der Waals surface area contributed by atoms with E-state index in [9.17, 15) is 0 Å². The molecule has 0 aliphatic heterocycles. The van der Waals surface area contributed by atoms with Crippen LogP contribution in [0.4, 0.5) is 0 Å². The molecule has 0 bridgehead atoms. The molecule has 0 spiro atoms. The largest absolute Gasteiger partial charge is 0.508 e. The van der Waals surface area contributed by atoms with Gasteiger partial charge in [0.05, 0.1) is 0 Å². The number of phenolic OH excluding ortho intramolecular Hbond substituents is 1. The number of hydrogen-bond acceptors (Lipinski definition) is 2. The highest BCUT2D eigenvalue weighted by Crippen LogP contribution is 2.12. The standard InChI is InChI=1S/C10H15NO/c1-8(11)5-6-9-3-2-4-10(12)7-9/h2-4,7-8,12H,5-6,11H2,1H3/t8-/m0/s1. The molecule has 12 heavy (non-hydrogen) atoms. The number of rotatable bonds is 3. The van der Waals surface area contributed by atoms with Gasteiger partial charge in [-0.3, -0.25) is 0 Å². The van der Waals surface area contributed by atoms with Crippen LogP contribution in [0.3, 0.4) is 0 Å². The molecule has 1 rings (SSSR count). The van der Waals surface area contributed by atoms with Crippen molar-refractivity contribution < 1.29 is 5.11 Å². The molecule has 0 fully saturated rings. The first-order valence-corrected chi connectivity index (χ1v) is 4.22. The van der Waals surface area contributed by atoms with Gasteiger partial charge >= 0.3 is 0 Å². The summed E-state index contributed by atoms with van der Waals surface area (Å²) in [5.41, 5.74) is 6.76. The minimum absolute atomic E-state index is 0.229. The summed E-state index contributed by atoms with van der Waals surface area (Å²) in [6, 6.07) is 7.54. The van der Waals surface area contributed by atoms with E-state index in [1.165, 1.54) is 0 Å². The van der Waals surface area contributed by atoms with Gasteiger partial charge in [-0.1, -0.05) is 12.1 Å². The van der Waals surface area contributed by atoms with Gasteiger partial charge in [0.2, 0.25) is 0 Å². The van der Waals surface area contributed by atoms with Crippen LogP contribution in [-0.2, 0) is 6.42 Å². The van der Waals surface area contributed by atoms with Crippen LogP contribution in [0.5, 0.6) is 5.75 Å². The number of nitrogens with two attached hydrogens (primary N) is 1. The van der Waals surface area contributed by atoms with Crippen molar-refractivity contribution in [3.8, 4) is 5.75 Å². The average molecular weight is 165 g/mol. The lowest BCUT2D eigenvalue weighted by Crippen LogP contribution is -2.15. The lowest BCUT2D eigenvalue weighted by atomic mass is 10.1. The summed E-state index contributed by atoms with van der Waals surface area (Å²) >= 11 is 0. The maximum atomic E-state index is 9.15. The van der Waals surface area contributed by atoms with Crippen molar-refractivity contribution in [3.05, 3.63) is 29.8 Å². The van der Waals surface area contributed by atoms with Gasteiger partial charge in [0.1, 0.15) is 5.75 Å². The van der Waals surface area contributed by atoms with E-state index in [1.807, 2.05) is 19.1 Å². The van der Waals surface area contributed by atoms with Gasteiger partial charge in [-0.25, -0.2) is 0 Å². The molecule has 0 saturated heterocycles. The summed E-state index contributed by atoms with van der Waals surface area (Å²) in [5, 5.41) is 9.15. The molecular weight excluding hydrogens is 150 g/mol. The van der Waals surface area contributed by atoms with Crippen LogP contribution < -0.4 is 5.73 Å². The second-order valence-corrected chi connectivity index (χ2v) is 3.19. The molecule has 1 aromatic carbocycles. The fourth-order valence-electron chi connectivity index (χ4n) is 1.11. The van der Waals surface area contributed by atoms with Crippen molar-refractivity contribution in [2.75, 3.05) is 0 Å². The van der Waals surface area contributed by atoms with E-state index in [4.69, 9.17) is 10.8 Å². The van der Waals surface area contributed by atoms with E-state index < -0.39 is 0 Å². The molecule has 0 unspecified atom stereocenters. The minimum atomic E-state index is 0.229. The molecule has 66 valence electrons. The fourth-order valence-corrected chi connectivity index (χ4v) is 1.11. The molecule has 0 aromatic heterocycles. The maximum Gasteiger partial charge on any atom is 0.115 e. The van der Waals surface area contributed by atoms with Crippen LogP contribution in [0.25, 0.3) is 0 Å². The highest BCUT2D eigenvalue weighted by Gasteiger charge is 1.97. The van der Waals surface area contributed by atoms with Crippen molar-refractivity contribution in [2.24, 2.45) is 5.73 Å². The van der Waals surface area contributed by atoms with Crippen molar-refractivity contribution >= 4 is 0 Å². The first-order chi connectivity index (χ1) is 5.68. The summed E-state index contributed by atoms with van der Waals surface area (Å²) in [4.78, 5) is 0. The zero-order valence-electron chi connectivity index (χ0n) is 7.33. The van der Waals surface area contributed by atoms with Crippen LogP contribution >= 0.6 is 0 Å². The molecule has 0 radical (unpaired) electrons. The lowest BCUT2D eigenvalue weighted by molar-refractivity contribution is 0.474. The Morgan fingerprint density at radius 1 is 1.50 bits per heavy atom. The Balaban J connectivity index is 2.52. The second-order valence-electron chi connectivity index (χ2n) is 3.19. The molecule has 0 aliphatic carbocycles. The van der Waals surface area contributed by atoms with Crippen molar-refractivity contribution in [3.63, 3.8) is 0 Å². The van der Waals surface area contributed by atoms with Crippen LogP contribution in [0.15, 0.2) is 24.3 Å². The number of aromatic hydroxyl groups is 1. The molecule has 0 heterocycles. The summed E-state index contributed by atoms with van der Waals surface area (Å²) in [7, 11) is 0. The normalized spacial score (nSPS) is 12.8. The topological polar surface area (TPSA) is 46.2 Å². The van der Waals surface area contributed by atoms with Crippen LogP contribution in [0, 0.1) is 0 Å². The van der Waals surface area contributed by atoms with E-state index >= 15 is 0 Å². The zero-order chi connectivity index (χ0) is 8.97. The summed E-state index contributed by atoms with van der Waals surface area (Å²) in [6.07, 6.45) is 1.90. The van der Waals surface area contributed by atoms with Gasteiger partial charge in [0.15, 0.2) is 0 Å². The van der Waals surface area contributed by atoms with Gasteiger partial charge in [-0.05, 0) is 37.5 Å². The summed E-state index contributed by atoms with van der Waals surface area (Å²) in [6.45, 7) is 1.99. The minimum Gasteiger partial charge on any atom is -0.508 e. The molecule has 0 aliphatic rings. The van der Waals surface area contributed by atoms with Crippen LogP contribution in [-0.4, -0.2) is 11.1 Å². The van der Waals surface area contributed by atoms with Crippen LogP contribution in [0.2, 0.25) is 0 Å². The smallest absolute Gasteiger partial charge is 0.115 e. The lowest BCUT2D eigenvalue weighted by Gasteiger charge is -2.04. The van der Waals surface area contributed by atoms with Gasteiger partial charge in [-0.2, -0.15) is 0 Å². The van der Waals surface area contributed by atoms with E-state index in [0.717, 1.165) is 18.4 Å². The predicted molar refractivity (Wildman–Crippen MR) is 50.1 cm³/mol. The van der Waals surface area contributed by atoms with E-state index in [2.05, 4.69) is 0 Å². The Morgan fingerprint density at radius 3 is 2.83 bits per heavy atom. The molecule has 0 saturated carbocycles. The number of aryl methyl sites for hydroxylation is 1. The third kappa shape index (κ3) is 2.93. The highest BCUT2D eigenvalue weighted by molar-refractivity contribution is 5.27. The zero-order valence-corrected chi connectivity index (χ0v) is 7.33. The highest BCUT2D eigenvalue weighted by atomic mass is 16.3. The Hall–Kier alpha value is -1.02. The Labute approximate surface area is 73.0 Å². The Bertz CT molecular complexity index is 245. The Morgan fingerprint density at radius 2 is 2.25 bits per heavy atom. The SMILES string of the molecule is C[C@H](N)CCc1cccc(O)c1. The number of hydrogen-bond donors (Lipinski definition) is 2.